The normalized spacial score (nSPS) is 14.4. The second-order valence-electron chi connectivity index (χ2n) is 6.57. The minimum atomic E-state index is 0.0441. The summed E-state index contributed by atoms with van der Waals surface area (Å²) in [6.07, 6.45) is 6.99. The van der Waals surface area contributed by atoms with E-state index >= 15 is 0 Å². The summed E-state index contributed by atoms with van der Waals surface area (Å²) in [7, 11) is 0. The summed E-state index contributed by atoms with van der Waals surface area (Å²) in [5, 5.41) is 8.69. The molecule has 3 aromatic rings. The van der Waals surface area contributed by atoms with Crippen molar-refractivity contribution in [2.24, 2.45) is 0 Å². The molecule has 1 saturated heterocycles. The highest BCUT2D eigenvalue weighted by Gasteiger charge is 2.20. The van der Waals surface area contributed by atoms with Crippen molar-refractivity contribution in [1.29, 1.82) is 0 Å². The van der Waals surface area contributed by atoms with E-state index in [2.05, 4.69) is 20.1 Å². The van der Waals surface area contributed by atoms with E-state index in [0.717, 1.165) is 35.7 Å². The second-order valence-corrected chi connectivity index (χ2v) is 6.57. The topological polar surface area (TPSA) is 62.2 Å². The van der Waals surface area contributed by atoms with Crippen molar-refractivity contribution in [1.82, 2.24) is 20.1 Å². The molecular weight excluding hydrogens is 350 g/mol. The number of aromatic nitrogens is 3. The van der Waals surface area contributed by atoms with Crippen molar-refractivity contribution < 1.29 is 4.79 Å². The lowest BCUT2D eigenvalue weighted by Gasteiger charge is -2.34. The minimum absolute atomic E-state index is 0.0441. The van der Waals surface area contributed by atoms with Gasteiger partial charge in [0.2, 0.25) is 5.91 Å². The number of hydrogen-bond acceptors (Lipinski definition) is 5. The molecule has 0 bridgehead atoms. The average molecular weight is 371 g/mol. The standard InChI is InChI=1S/C22H21N5O/c28-22(9-6-18-4-2-1-3-5-18)27-16-14-26(15-17-27)21-8-7-20(24-25-21)19-10-12-23-13-11-19/h1-13H,14-17H2/b9-6+. The molecule has 0 atom stereocenters. The summed E-state index contributed by atoms with van der Waals surface area (Å²) in [6.45, 7) is 2.83. The zero-order valence-corrected chi connectivity index (χ0v) is 15.5. The van der Waals surface area contributed by atoms with E-state index in [4.69, 9.17) is 0 Å². The Hall–Kier alpha value is -3.54. The van der Waals surface area contributed by atoms with Gasteiger partial charge < -0.3 is 9.80 Å². The predicted molar refractivity (Wildman–Crippen MR) is 110 cm³/mol. The van der Waals surface area contributed by atoms with E-state index in [1.165, 1.54) is 0 Å². The Labute approximate surface area is 164 Å². The molecule has 1 fully saturated rings. The van der Waals surface area contributed by atoms with Crippen molar-refractivity contribution in [3.8, 4) is 11.3 Å². The number of carbonyl (C=O) groups is 1. The van der Waals surface area contributed by atoms with Gasteiger partial charge in [-0.1, -0.05) is 30.3 Å². The smallest absolute Gasteiger partial charge is 0.246 e. The van der Waals surface area contributed by atoms with Gasteiger partial charge in [-0.2, -0.15) is 0 Å². The monoisotopic (exact) mass is 371 g/mol. The average Bonchev–Trinajstić information content (AvgIpc) is 2.79. The SMILES string of the molecule is O=C(/C=C/c1ccccc1)N1CCN(c2ccc(-c3ccncc3)nn2)CC1. The summed E-state index contributed by atoms with van der Waals surface area (Å²) in [4.78, 5) is 20.5. The summed E-state index contributed by atoms with van der Waals surface area (Å²) < 4.78 is 0. The van der Waals surface area contributed by atoms with Crippen LogP contribution in [0.5, 0.6) is 0 Å². The number of nitrogens with zero attached hydrogens (tertiary/aromatic N) is 5. The van der Waals surface area contributed by atoms with Crippen LogP contribution < -0.4 is 4.90 Å². The highest BCUT2D eigenvalue weighted by molar-refractivity contribution is 5.91. The van der Waals surface area contributed by atoms with Crippen molar-refractivity contribution in [3.63, 3.8) is 0 Å². The lowest BCUT2D eigenvalue weighted by molar-refractivity contribution is -0.126. The highest BCUT2D eigenvalue weighted by atomic mass is 16.2. The minimum Gasteiger partial charge on any atom is -0.352 e. The number of carbonyl (C=O) groups excluding carboxylic acids is 1. The molecule has 0 saturated carbocycles. The Morgan fingerprint density at radius 2 is 1.61 bits per heavy atom. The van der Waals surface area contributed by atoms with Crippen LogP contribution in [0.2, 0.25) is 0 Å². The van der Waals surface area contributed by atoms with E-state index in [1.54, 1.807) is 18.5 Å². The van der Waals surface area contributed by atoms with E-state index in [1.807, 2.05) is 65.6 Å². The van der Waals surface area contributed by atoms with Crippen molar-refractivity contribution in [2.45, 2.75) is 0 Å². The number of amides is 1. The van der Waals surface area contributed by atoms with Gasteiger partial charge in [0.1, 0.15) is 0 Å². The Morgan fingerprint density at radius 1 is 0.857 bits per heavy atom. The van der Waals surface area contributed by atoms with E-state index in [0.29, 0.717) is 13.1 Å². The van der Waals surface area contributed by atoms with Gasteiger partial charge in [-0.3, -0.25) is 9.78 Å². The molecule has 1 aliphatic heterocycles. The van der Waals surface area contributed by atoms with Gasteiger partial charge in [0.05, 0.1) is 5.69 Å². The molecule has 0 aliphatic carbocycles. The first-order chi connectivity index (χ1) is 13.8. The Morgan fingerprint density at radius 3 is 2.29 bits per heavy atom. The van der Waals surface area contributed by atoms with Gasteiger partial charge in [0, 0.05) is 50.2 Å². The predicted octanol–water partition coefficient (Wildman–Crippen LogP) is 2.90. The zero-order chi connectivity index (χ0) is 19.2. The second kappa shape index (κ2) is 8.43. The number of hydrogen-bond donors (Lipinski definition) is 0. The first-order valence-corrected chi connectivity index (χ1v) is 9.31. The Balaban J connectivity index is 1.34. The zero-order valence-electron chi connectivity index (χ0n) is 15.5. The molecule has 140 valence electrons. The van der Waals surface area contributed by atoms with Crippen LogP contribution in [0.3, 0.4) is 0 Å². The summed E-state index contributed by atoms with van der Waals surface area (Å²) in [5.74, 6) is 0.882. The Kier molecular flexibility index (Phi) is 5.38. The molecule has 6 heteroatoms. The van der Waals surface area contributed by atoms with Crippen molar-refractivity contribution in [3.05, 3.63) is 78.6 Å². The summed E-state index contributed by atoms with van der Waals surface area (Å²) >= 11 is 0. The van der Waals surface area contributed by atoms with Crippen molar-refractivity contribution in [2.75, 3.05) is 31.1 Å². The summed E-state index contributed by atoms with van der Waals surface area (Å²) in [6, 6.07) is 17.6. The fourth-order valence-corrected chi connectivity index (χ4v) is 3.16. The molecule has 1 amide bonds. The van der Waals surface area contributed by atoms with Gasteiger partial charge in [0.25, 0.3) is 0 Å². The molecule has 28 heavy (non-hydrogen) atoms. The van der Waals surface area contributed by atoms with Crippen LogP contribution in [-0.4, -0.2) is 52.2 Å². The van der Waals surface area contributed by atoms with E-state index in [9.17, 15) is 4.79 Å². The van der Waals surface area contributed by atoms with Gasteiger partial charge >= 0.3 is 0 Å². The van der Waals surface area contributed by atoms with Crippen LogP contribution in [0, 0.1) is 0 Å². The quantitative estimate of drug-likeness (QED) is 0.660. The Bertz CT molecular complexity index is 934. The third-order valence-corrected chi connectivity index (χ3v) is 4.76. The molecule has 3 heterocycles. The van der Waals surface area contributed by atoms with Gasteiger partial charge in [-0.25, -0.2) is 0 Å². The van der Waals surface area contributed by atoms with Crippen LogP contribution in [0.15, 0.2) is 73.1 Å². The first kappa shape index (κ1) is 17.9. The van der Waals surface area contributed by atoms with Crippen molar-refractivity contribution >= 4 is 17.8 Å². The number of benzene rings is 1. The maximum Gasteiger partial charge on any atom is 0.246 e. The molecule has 4 rings (SSSR count). The maximum atomic E-state index is 12.4. The molecule has 1 aliphatic rings. The molecule has 0 unspecified atom stereocenters. The lowest BCUT2D eigenvalue weighted by atomic mass is 10.2. The fourth-order valence-electron chi connectivity index (χ4n) is 3.16. The number of piperazine rings is 1. The molecular formula is C22H21N5O. The van der Waals surface area contributed by atoms with Crippen LogP contribution in [0.25, 0.3) is 17.3 Å². The largest absolute Gasteiger partial charge is 0.352 e. The van der Waals surface area contributed by atoms with Crippen LogP contribution >= 0.6 is 0 Å². The molecule has 2 aromatic heterocycles. The fraction of sp³-hybridized carbons (Fsp3) is 0.182. The van der Waals surface area contributed by atoms with Crippen LogP contribution in [-0.2, 0) is 4.79 Å². The highest BCUT2D eigenvalue weighted by Crippen LogP contribution is 2.18. The van der Waals surface area contributed by atoms with E-state index < -0.39 is 0 Å². The van der Waals surface area contributed by atoms with Crippen LogP contribution in [0.1, 0.15) is 5.56 Å². The van der Waals surface area contributed by atoms with Crippen LogP contribution in [0.4, 0.5) is 5.82 Å². The molecule has 0 N–H and O–H groups in total. The summed E-state index contributed by atoms with van der Waals surface area (Å²) in [5.41, 5.74) is 2.85. The molecule has 0 spiro atoms. The van der Waals surface area contributed by atoms with Gasteiger partial charge in [-0.15, -0.1) is 10.2 Å². The first-order valence-electron chi connectivity index (χ1n) is 9.31. The van der Waals surface area contributed by atoms with E-state index in [-0.39, 0.29) is 5.91 Å². The molecule has 6 nitrogen and oxygen atoms in total. The third-order valence-electron chi connectivity index (χ3n) is 4.76. The van der Waals surface area contributed by atoms with Gasteiger partial charge in [0.15, 0.2) is 5.82 Å². The number of rotatable bonds is 4. The lowest BCUT2D eigenvalue weighted by Crippen LogP contribution is -2.48. The number of anilines is 1. The third kappa shape index (κ3) is 4.23. The maximum absolute atomic E-state index is 12.4. The van der Waals surface area contributed by atoms with Gasteiger partial charge in [-0.05, 0) is 35.9 Å². The molecule has 1 aromatic carbocycles. The molecule has 0 radical (unpaired) electrons. The number of pyridine rings is 1.